The Morgan fingerprint density at radius 3 is 1.95 bits per heavy atom. The van der Waals surface area contributed by atoms with Crippen LogP contribution in [0.5, 0.6) is 0 Å². The van der Waals surface area contributed by atoms with E-state index >= 15 is 8.78 Å². The Morgan fingerprint density at radius 1 is 0.833 bits per heavy atom. The number of carbonyl (C=O) groups is 2. The van der Waals surface area contributed by atoms with Crippen LogP contribution < -0.4 is 20.4 Å². The number of carbonyl (C=O) groups excluding carboxylic acids is 2. The Balaban J connectivity index is 1.06. The lowest BCUT2D eigenvalue weighted by atomic mass is 9.84. The second kappa shape index (κ2) is 17.1. The largest absolute Gasteiger partial charge is 0.444 e. The molecule has 0 bridgehead atoms. The SMILES string of the molecule is CC(C)(C)OC(=O)NC(CC(F)(F)F)C(=O)Nc1ccc(N2CCN(c3ccc(-c4ccc(C(F)(F)C(O)(Cn5cnnn5)c5ccc(F)cc5F)nc4)cc3)CC2)cc1. The molecule has 2 unspecified atom stereocenters. The van der Waals surface area contributed by atoms with Gasteiger partial charge in [0.2, 0.25) is 5.91 Å². The molecular weight excluding hydrogens is 803 g/mol. The van der Waals surface area contributed by atoms with E-state index in [1.165, 1.54) is 12.3 Å². The van der Waals surface area contributed by atoms with Crippen molar-refractivity contribution in [2.45, 2.75) is 63.1 Å². The fraction of sp³-hybridized carbons (Fsp3) is 0.350. The summed E-state index contributed by atoms with van der Waals surface area (Å²) in [4.78, 5) is 33.1. The van der Waals surface area contributed by atoms with Gasteiger partial charge in [0.1, 0.15) is 35.3 Å². The second-order valence-electron chi connectivity index (χ2n) is 15.1. The highest BCUT2D eigenvalue weighted by atomic mass is 19.4. The van der Waals surface area contributed by atoms with Crippen molar-refractivity contribution in [2.75, 3.05) is 41.3 Å². The Bertz CT molecular complexity index is 2250. The van der Waals surface area contributed by atoms with E-state index < -0.39 is 77.2 Å². The molecule has 0 aliphatic carbocycles. The van der Waals surface area contributed by atoms with Gasteiger partial charge in [-0.05, 0) is 91.4 Å². The number of benzene rings is 3. The first-order chi connectivity index (χ1) is 28.2. The first-order valence-electron chi connectivity index (χ1n) is 18.5. The molecule has 1 aliphatic rings. The highest BCUT2D eigenvalue weighted by Gasteiger charge is 2.58. The molecule has 20 heteroatoms. The predicted molar refractivity (Wildman–Crippen MR) is 205 cm³/mol. The van der Waals surface area contributed by atoms with E-state index in [9.17, 15) is 36.6 Å². The zero-order chi connectivity index (χ0) is 43.5. The molecule has 1 aliphatic heterocycles. The van der Waals surface area contributed by atoms with Gasteiger partial charge in [-0.1, -0.05) is 18.2 Å². The zero-order valence-electron chi connectivity index (χ0n) is 32.4. The van der Waals surface area contributed by atoms with E-state index in [1.54, 1.807) is 57.2 Å². The number of tetrazole rings is 1. The van der Waals surface area contributed by atoms with Gasteiger partial charge in [-0.3, -0.25) is 9.78 Å². The fourth-order valence-corrected chi connectivity index (χ4v) is 6.59. The van der Waals surface area contributed by atoms with Crippen LogP contribution in [0.1, 0.15) is 38.4 Å². The number of hydrogen-bond donors (Lipinski definition) is 3. The van der Waals surface area contributed by atoms with Crippen LogP contribution in [0.2, 0.25) is 0 Å². The summed E-state index contributed by atoms with van der Waals surface area (Å²) in [6.45, 7) is 6.13. The minimum atomic E-state index is -4.73. The van der Waals surface area contributed by atoms with Gasteiger partial charge in [-0.25, -0.2) is 18.3 Å². The van der Waals surface area contributed by atoms with Crippen LogP contribution in [0.3, 0.4) is 0 Å². The minimum absolute atomic E-state index is 0.238. The summed E-state index contributed by atoms with van der Waals surface area (Å²) in [7, 11) is 0. The Kier molecular flexibility index (Phi) is 12.3. The maximum Gasteiger partial charge on any atom is 0.408 e. The van der Waals surface area contributed by atoms with Crippen LogP contribution in [0.25, 0.3) is 11.1 Å². The van der Waals surface area contributed by atoms with Crippen molar-refractivity contribution < 1.29 is 50.2 Å². The molecule has 6 rings (SSSR count). The van der Waals surface area contributed by atoms with Crippen LogP contribution in [-0.2, 0) is 27.6 Å². The smallest absolute Gasteiger partial charge is 0.408 e. The topological polar surface area (TPSA) is 151 Å². The predicted octanol–water partition coefficient (Wildman–Crippen LogP) is 6.80. The lowest BCUT2D eigenvalue weighted by Gasteiger charge is -2.37. The number of alkyl carbamates (subject to hydrolysis) is 1. The number of pyridine rings is 1. The summed E-state index contributed by atoms with van der Waals surface area (Å²) >= 11 is 0. The molecule has 60 heavy (non-hydrogen) atoms. The number of rotatable bonds is 12. The van der Waals surface area contributed by atoms with Crippen molar-refractivity contribution in [3.63, 3.8) is 0 Å². The molecule has 3 aromatic carbocycles. The highest BCUT2D eigenvalue weighted by Crippen LogP contribution is 2.47. The monoisotopic (exact) mass is 843 g/mol. The summed E-state index contributed by atoms with van der Waals surface area (Å²) < 4.78 is 106. The molecular formula is C40H40F7N9O4. The number of ether oxygens (including phenoxy) is 1. The molecule has 0 spiro atoms. The van der Waals surface area contributed by atoms with Gasteiger partial charge in [0.05, 0.1) is 13.0 Å². The number of nitrogens with one attached hydrogen (secondary N) is 2. The lowest BCUT2D eigenvalue weighted by molar-refractivity contribution is -0.207. The molecule has 3 heterocycles. The van der Waals surface area contributed by atoms with E-state index in [4.69, 9.17) is 4.74 Å². The maximum atomic E-state index is 16.2. The molecule has 5 aromatic rings. The number of nitrogens with zero attached hydrogens (tertiary/aromatic N) is 7. The van der Waals surface area contributed by atoms with Crippen molar-refractivity contribution in [2.24, 2.45) is 0 Å². The first-order valence-corrected chi connectivity index (χ1v) is 18.5. The number of piperazine rings is 1. The van der Waals surface area contributed by atoms with Gasteiger partial charge in [0, 0.05) is 66.6 Å². The number of amides is 2. The zero-order valence-corrected chi connectivity index (χ0v) is 32.4. The van der Waals surface area contributed by atoms with Gasteiger partial charge < -0.3 is 30.3 Å². The van der Waals surface area contributed by atoms with Crippen molar-refractivity contribution >= 4 is 29.1 Å². The molecule has 0 radical (unpaired) electrons. The minimum Gasteiger partial charge on any atom is -0.444 e. The molecule has 0 saturated carbocycles. The molecule has 2 aromatic heterocycles. The van der Waals surface area contributed by atoms with E-state index in [1.807, 2.05) is 17.4 Å². The summed E-state index contributed by atoms with van der Waals surface area (Å²) in [6, 6.07) is 16.3. The molecule has 318 valence electrons. The van der Waals surface area contributed by atoms with Gasteiger partial charge in [-0.2, -0.15) is 22.0 Å². The fourth-order valence-electron chi connectivity index (χ4n) is 6.59. The number of alkyl halides is 5. The van der Waals surface area contributed by atoms with Crippen LogP contribution in [0.15, 0.2) is 91.4 Å². The van der Waals surface area contributed by atoms with E-state index in [2.05, 4.69) is 35.6 Å². The number of aliphatic hydroxyl groups is 1. The van der Waals surface area contributed by atoms with Gasteiger partial charge in [0.25, 0.3) is 0 Å². The quantitative estimate of drug-likeness (QED) is 0.115. The van der Waals surface area contributed by atoms with Crippen molar-refractivity contribution in [1.82, 2.24) is 30.5 Å². The summed E-state index contributed by atoms with van der Waals surface area (Å²) in [5.41, 5.74) is -2.89. The number of aromatic nitrogens is 5. The summed E-state index contributed by atoms with van der Waals surface area (Å²) in [5.74, 6) is -7.66. The first kappa shape index (κ1) is 43.3. The maximum absolute atomic E-state index is 16.2. The number of anilines is 3. The molecule has 3 N–H and O–H groups in total. The standard InChI is InChI=1S/C40H40F7N9O4/c1-37(2,3)60-36(58)51-33(21-39(43,44)45)35(57)50-28-8-12-30(13-9-28)55-18-16-54(17-19-55)29-10-4-25(5-11-29)26-6-15-34(48-22-26)40(46,47)38(59,23-56-24-49-52-53-56)31-14-7-27(41)20-32(31)42/h4-15,20,22,24,33,59H,16-19,21,23H2,1-3H3,(H,50,57)(H,51,58). The van der Waals surface area contributed by atoms with Crippen LogP contribution in [0.4, 0.5) is 52.6 Å². The van der Waals surface area contributed by atoms with Crippen LogP contribution >= 0.6 is 0 Å². The van der Waals surface area contributed by atoms with Crippen LogP contribution in [0, 0.1) is 11.6 Å². The average Bonchev–Trinajstić information content (AvgIpc) is 3.69. The average molecular weight is 844 g/mol. The molecule has 1 saturated heterocycles. The number of halogens is 7. The molecule has 2 atom stereocenters. The lowest BCUT2D eigenvalue weighted by Crippen LogP contribution is -2.48. The van der Waals surface area contributed by atoms with Crippen molar-refractivity contribution in [3.05, 3.63) is 114 Å². The van der Waals surface area contributed by atoms with Crippen molar-refractivity contribution in [3.8, 4) is 11.1 Å². The highest BCUT2D eigenvalue weighted by molar-refractivity contribution is 5.96. The Hall–Kier alpha value is -6.31. The Labute approximate surface area is 339 Å². The van der Waals surface area contributed by atoms with Gasteiger partial charge >= 0.3 is 18.2 Å². The molecule has 2 amide bonds. The summed E-state index contributed by atoms with van der Waals surface area (Å²) in [6.07, 6.45) is -5.30. The van der Waals surface area contributed by atoms with Crippen LogP contribution in [-0.4, -0.2) is 86.3 Å². The van der Waals surface area contributed by atoms with Gasteiger partial charge in [-0.15, -0.1) is 5.10 Å². The Morgan fingerprint density at radius 2 is 1.43 bits per heavy atom. The molecule has 13 nitrogen and oxygen atoms in total. The third-order valence-corrected chi connectivity index (χ3v) is 9.55. The van der Waals surface area contributed by atoms with E-state index in [0.29, 0.717) is 43.4 Å². The third kappa shape index (κ3) is 10.3. The molecule has 1 fully saturated rings. The van der Waals surface area contributed by atoms with Gasteiger partial charge in [0.15, 0.2) is 5.60 Å². The van der Waals surface area contributed by atoms with E-state index in [0.717, 1.165) is 40.6 Å². The normalized spacial score (nSPS) is 15.2. The van der Waals surface area contributed by atoms with E-state index in [-0.39, 0.29) is 5.69 Å². The summed E-state index contributed by atoms with van der Waals surface area (Å²) in [5, 5.41) is 26.1. The second-order valence-corrected chi connectivity index (χ2v) is 15.1. The third-order valence-electron chi connectivity index (χ3n) is 9.55. The van der Waals surface area contributed by atoms with Crippen molar-refractivity contribution in [1.29, 1.82) is 0 Å². The number of hydrogen-bond acceptors (Lipinski definition) is 10.